The molecule has 0 aliphatic heterocycles. The van der Waals surface area contributed by atoms with Crippen molar-refractivity contribution in [2.75, 3.05) is 33.4 Å². The molecule has 0 radical (unpaired) electrons. The number of hydrogen-bond donors (Lipinski definition) is 0. The molecular formula is C11H20N2O3S. The normalized spacial score (nSPS) is 12.6. The Labute approximate surface area is 103 Å². The minimum atomic E-state index is -3.20. The number of furan rings is 1. The van der Waals surface area contributed by atoms with Crippen molar-refractivity contribution in [1.82, 2.24) is 9.21 Å². The molecule has 1 rings (SSSR count). The van der Waals surface area contributed by atoms with Crippen LogP contribution in [0.4, 0.5) is 0 Å². The summed E-state index contributed by atoms with van der Waals surface area (Å²) in [5, 5.41) is 0. The van der Waals surface area contributed by atoms with Gasteiger partial charge in [0.1, 0.15) is 11.5 Å². The highest BCUT2D eigenvalue weighted by Gasteiger charge is 2.18. The second-order valence-corrected chi connectivity index (χ2v) is 6.39. The lowest BCUT2D eigenvalue weighted by Gasteiger charge is -2.20. The molecule has 0 aliphatic rings. The van der Waals surface area contributed by atoms with E-state index in [1.54, 1.807) is 0 Å². The average molecular weight is 260 g/mol. The van der Waals surface area contributed by atoms with E-state index in [0.29, 0.717) is 25.4 Å². The summed E-state index contributed by atoms with van der Waals surface area (Å²) in [6.45, 7) is 3.28. The molecule has 5 nitrogen and oxygen atoms in total. The van der Waals surface area contributed by atoms with Gasteiger partial charge in [0.15, 0.2) is 0 Å². The van der Waals surface area contributed by atoms with E-state index in [0.717, 1.165) is 5.76 Å². The van der Waals surface area contributed by atoms with Gasteiger partial charge in [0.25, 0.3) is 0 Å². The number of hydrogen-bond acceptors (Lipinski definition) is 4. The van der Waals surface area contributed by atoms with Gasteiger partial charge in [0.2, 0.25) is 10.0 Å². The molecule has 1 aromatic heterocycles. The van der Waals surface area contributed by atoms with E-state index < -0.39 is 10.0 Å². The standard InChI is InChI=1S/C11H20N2O3S/c1-10-5-6-11(16-10)9-13(17(4,14)15)8-7-12(2)3/h5-6H,7-9H2,1-4H3. The van der Waals surface area contributed by atoms with Crippen LogP contribution in [-0.4, -0.2) is 51.1 Å². The van der Waals surface area contributed by atoms with Crippen LogP contribution in [0.25, 0.3) is 0 Å². The van der Waals surface area contributed by atoms with E-state index in [1.807, 2.05) is 38.1 Å². The van der Waals surface area contributed by atoms with Crippen molar-refractivity contribution in [2.24, 2.45) is 0 Å². The van der Waals surface area contributed by atoms with E-state index in [1.165, 1.54) is 10.6 Å². The molecule has 0 aliphatic carbocycles. The van der Waals surface area contributed by atoms with Crippen molar-refractivity contribution in [2.45, 2.75) is 13.5 Å². The molecule has 0 bridgehead atoms. The summed E-state index contributed by atoms with van der Waals surface area (Å²) in [5.41, 5.74) is 0. The molecule has 0 unspecified atom stereocenters. The molecule has 0 aromatic carbocycles. The van der Waals surface area contributed by atoms with Crippen molar-refractivity contribution in [3.63, 3.8) is 0 Å². The highest BCUT2D eigenvalue weighted by Crippen LogP contribution is 2.11. The average Bonchev–Trinajstić information content (AvgIpc) is 2.56. The largest absolute Gasteiger partial charge is 0.465 e. The zero-order valence-electron chi connectivity index (χ0n) is 10.8. The van der Waals surface area contributed by atoms with E-state index in [-0.39, 0.29) is 0 Å². The van der Waals surface area contributed by atoms with Crippen LogP contribution in [0.3, 0.4) is 0 Å². The summed E-state index contributed by atoms with van der Waals surface area (Å²) in [6, 6.07) is 3.64. The molecule has 0 fully saturated rings. The highest BCUT2D eigenvalue weighted by molar-refractivity contribution is 7.88. The van der Waals surface area contributed by atoms with Gasteiger partial charge in [-0.15, -0.1) is 0 Å². The predicted molar refractivity (Wildman–Crippen MR) is 67.3 cm³/mol. The number of rotatable bonds is 6. The lowest BCUT2D eigenvalue weighted by Crippen LogP contribution is -2.35. The van der Waals surface area contributed by atoms with Crippen LogP contribution in [0.1, 0.15) is 11.5 Å². The third-order valence-corrected chi connectivity index (χ3v) is 3.64. The summed E-state index contributed by atoms with van der Waals surface area (Å²) < 4.78 is 30.1. The van der Waals surface area contributed by atoms with Crippen molar-refractivity contribution in [3.8, 4) is 0 Å². The molecule has 0 N–H and O–H groups in total. The zero-order chi connectivity index (χ0) is 13.1. The molecule has 0 amide bonds. The number of sulfonamides is 1. The highest BCUT2D eigenvalue weighted by atomic mass is 32.2. The maximum Gasteiger partial charge on any atom is 0.211 e. The van der Waals surface area contributed by atoms with Crippen LogP contribution >= 0.6 is 0 Å². The third kappa shape index (κ3) is 4.89. The van der Waals surface area contributed by atoms with Crippen molar-refractivity contribution < 1.29 is 12.8 Å². The Kier molecular flexibility index (Phi) is 4.73. The van der Waals surface area contributed by atoms with Crippen molar-refractivity contribution in [1.29, 1.82) is 0 Å². The van der Waals surface area contributed by atoms with Gasteiger partial charge in [-0.25, -0.2) is 8.42 Å². The summed E-state index contributed by atoms with van der Waals surface area (Å²) in [5.74, 6) is 1.47. The first kappa shape index (κ1) is 14.2. The Morgan fingerprint density at radius 2 is 1.88 bits per heavy atom. The Morgan fingerprint density at radius 3 is 2.29 bits per heavy atom. The third-order valence-electron chi connectivity index (χ3n) is 2.39. The number of nitrogens with zero attached hydrogens (tertiary/aromatic N) is 2. The fourth-order valence-electron chi connectivity index (χ4n) is 1.42. The molecule has 0 spiro atoms. The van der Waals surface area contributed by atoms with Crippen LogP contribution < -0.4 is 0 Å². The second kappa shape index (κ2) is 5.66. The minimum absolute atomic E-state index is 0.292. The monoisotopic (exact) mass is 260 g/mol. The van der Waals surface area contributed by atoms with E-state index in [9.17, 15) is 8.42 Å². The predicted octanol–water partition coefficient (Wildman–Crippen LogP) is 0.911. The molecule has 98 valence electrons. The van der Waals surface area contributed by atoms with Crippen LogP contribution in [0, 0.1) is 6.92 Å². The fourth-order valence-corrected chi connectivity index (χ4v) is 2.19. The molecular weight excluding hydrogens is 240 g/mol. The summed E-state index contributed by atoms with van der Waals surface area (Å²) >= 11 is 0. The Hall–Kier alpha value is -0.850. The summed E-state index contributed by atoms with van der Waals surface area (Å²) in [7, 11) is 0.626. The quantitative estimate of drug-likeness (QED) is 0.763. The lowest BCUT2D eigenvalue weighted by atomic mass is 10.4. The maximum atomic E-state index is 11.6. The number of likely N-dealkylation sites (N-methyl/N-ethyl adjacent to an activating group) is 1. The Bertz CT molecular complexity index is 451. The van der Waals surface area contributed by atoms with Crippen LogP contribution in [0.2, 0.25) is 0 Å². The van der Waals surface area contributed by atoms with Gasteiger partial charge in [-0.05, 0) is 33.2 Å². The van der Waals surface area contributed by atoms with Crippen LogP contribution in [0.5, 0.6) is 0 Å². The van der Waals surface area contributed by atoms with Gasteiger partial charge in [0, 0.05) is 13.1 Å². The van der Waals surface area contributed by atoms with Gasteiger partial charge in [-0.3, -0.25) is 0 Å². The summed E-state index contributed by atoms with van der Waals surface area (Å²) in [4.78, 5) is 1.95. The first-order valence-corrected chi connectivity index (χ1v) is 7.29. The SMILES string of the molecule is Cc1ccc(CN(CCN(C)C)S(C)(=O)=O)o1. The second-order valence-electron chi connectivity index (χ2n) is 4.41. The molecule has 0 saturated carbocycles. The van der Waals surface area contributed by atoms with Crippen molar-refractivity contribution >= 4 is 10.0 Å². The first-order chi connectivity index (χ1) is 7.79. The number of aryl methyl sites for hydroxylation is 1. The molecule has 1 heterocycles. The fraction of sp³-hybridized carbons (Fsp3) is 0.636. The topological polar surface area (TPSA) is 53.8 Å². The van der Waals surface area contributed by atoms with Crippen molar-refractivity contribution in [3.05, 3.63) is 23.7 Å². The van der Waals surface area contributed by atoms with E-state index >= 15 is 0 Å². The van der Waals surface area contributed by atoms with Crippen LogP contribution in [0.15, 0.2) is 16.5 Å². The van der Waals surface area contributed by atoms with E-state index in [4.69, 9.17) is 4.42 Å². The molecule has 17 heavy (non-hydrogen) atoms. The van der Waals surface area contributed by atoms with Crippen LogP contribution in [-0.2, 0) is 16.6 Å². The Morgan fingerprint density at radius 1 is 1.24 bits per heavy atom. The van der Waals surface area contributed by atoms with Gasteiger partial charge < -0.3 is 9.32 Å². The van der Waals surface area contributed by atoms with Gasteiger partial charge in [-0.2, -0.15) is 4.31 Å². The lowest BCUT2D eigenvalue weighted by molar-refractivity contribution is 0.311. The zero-order valence-corrected chi connectivity index (χ0v) is 11.6. The van der Waals surface area contributed by atoms with Gasteiger partial charge in [0.05, 0.1) is 12.8 Å². The summed E-state index contributed by atoms with van der Waals surface area (Å²) in [6.07, 6.45) is 1.22. The van der Waals surface area contributed by atoms with Gasteiger partial charge in [-0.1, -0.05) is 0 Å². The van der Waals surface area contributed by atoms with Gasteiger partial charge >= 0.3 is 0 Å². The molecule has 1 aromatic rings. The first-order valence-electron chi connectivity index (χ1n) is 5.44. The molecule has 0 saturated heterocycles. The Balaban J connectivity index is 2.71. The van der Waals surface area contributed by atoms with E-state index in [2.05, 4.69) is 0 Å². The molecule has 6 heteroatoms. The molecule has 0 atom stereocenters. The maximum absolute atomic E-state index is 11.6. The smallest absolute Gasteiger partial charge is 0.211 e. The minimum Gasteiger partial charge on any atom is -0.465 e.